The fraction of sp³-hybridized carbons (Fsp3) is 0.200. The van der Waals surface area contributed by atoms with Crippen molar-refractivity contribution in [2.45, 2.75) is 6.54 Å². The maximum absolute atomic E-state index is 11.0. The van der Waals surface area contributed by atoms with Crippen LogP contribution in [-0.4, -0.2) is 33.3 Å². The zero-order valence-electron chi connectivity index (χ0n) is 9.00. The summed E-state index contributed by atoms with van der Waals surface area (Å²) in [5.41, 5.74) is 0.783. The summed E-state index contributed by atoms with van der Waals surface area (Å²) in [6, 6.07) is 7.03. The van der Waals surface area contributed by atoms with Crippen LogP contribution < -0.4 is 0 Å². The number of aromatic nitrogens is 4. The molecule has 0 unspecified atom stereocenters. The van der Waals surface area contributed by atoms with Gasteiger partial charge in [0.05, 0.1) is 7.11 Å². The van der Waals surface area contributed by atoms with Crippen LogP contribution in [0.15, 0.2) is 24.3 Å². The monoisotopic (exact) mass is 252 g/mol. The molecule has 0 spiro atoms. The summed E-state index contributed by atoms with van der Waals surface area (Å²) in [4.78, 5) is 12.2. The Morgan fingerprint density at radius 1 is 1.41 bits per heavy atom. The summed E-state index contributed by atoms with van der Waals surface area (Å²) < 4.78 is 4.50. The van der Waals surface area contributed by atoms with Crippen LogP contribution in [0.5, 0.6) is 0 Å². The van der Waals surface area contributed by atoms with Crippen LogP contribution in [0.4, 0.5) is 0 Å². The molecule has 1 aromatic heterocycles. The highest BCUT2D eigenvalue weighted by atomic mass is 35.5. The van der Waals surface area contributed by atoms with Crippen LogP contribution in [0.2, 0.25) is 5.02 Å². The van der Waals surface area contributed by atoms with Crippen molar-refractivity contribution in [3.63, 3.8) is 0 Å². The number of rotatable bonds is 3. The van der Waals surface area contributed by atoms with Gasteiger partial charge in [-0.3, -0.25) is 0 Å². The summed E-state index contributed by atoms with van der Waals surface area (Å²) in [7, 11) is 1.30. The van der Waals surface area contributed by atoms with Crippen LogP contribution in [0.25, 0.3) is 11.4 Å². The molecule has 17 heavy (non-hydrogen) atoms. The van der Waals surface area contributed by atoms with E-state index in [2.05, 4.69) is 20.1 Å². The Balaban J connectivity index is 2.18. The van der Waals surface area contributed by atoms with E-state index < -0.39 is 5.97 Å². The van der Waals surface area contributed by atoms with Crippen LogP contribution in [0.3, 0.4) is 0 Å². The van der Waals surface area contributed by atoms with Gasteiger partial charge in [-0.05, 0) is 29.5 Å². The number of benzene rings is 1. The predicted octanol–water partition coefficient (Wildman–Crippen LogP) is 1.17. The predicted molar refractivity (Wildman–Crippen MR) is 60.3 cm³/mol. The molecular formula is C10H9ClN4O2. The Labute approximate surface area is 102 Å². The van der Waals surface area contributed by atoms with Crippen molar-refractivity contribution in [3.8, 4) is 11.4 Å². The minimum absolute atomic E-state index is 0.0584. The van der Waals surface area contributed by atoms with Crippen LogP contribution in [-0.2, 0) is 16.1 Å². The van der Waals surface area contributed by atoms with E-state index in [9.17, 15) is 4.79 Å². The van der Waals surface area contributed by atoms with Gasteiger partial charge in [0.25, 0.3) is 0 Å². The maximum atomic E-state index is 11.0. The second kappa shape index (κ2) is 4.92. The second-order valence-electron chi connectivity index (χ2n) is 3.23. The Morgan fingerprint density at radius 3 is 2.76 bits per heavy atom. The molecule has 1 aromatic carbocycles. The maximum Gasteiger partial charge on any atom is 0.329 e. The fourth-order valence-electron chi connectivity index (χ4n) is 1.20. The molecule has 0 N–H and O–H groups in total. The quantitative estimate of drug-likeness (QED) is 0.767. The standard InChI is InChI=1S/C10H9ClN4O2/c1-17-9(16)6-15-13-10(12-14-15)7-2-4-8(11)5-3-7/h2-5H,6H2,1H3. The molecule has 0 fully saturated rings. The Hall–Kier alpha value is -1.95. The van der Waals surface area contributed by atoms with Gasteiger partial charge >= 0.3 is 5.97 Å². The van der Waals surface area contributed by atoms with Gasteiger partial charge in [-0.25, -0.2) is 4.79 Å². The fourth-order valence-corrected chi connectivity index (χ4v) is 1.33. The summed E-state index contributed by atoms with van der Waals surface area (Å²) in [5.74, 6) is 0.00984. The first-order valence-electron chi connectivity index (χ1n) is 4.79. The number of methoxy groups -OCH3 is 1. The highest BCUT2D eigenvalue weighted by molar-refractivity contribution is 6.30. The van der Waals surface area contributed by atoms with Gasteiger partial charge in [0, 0.05) is 10.6 Å². The van der Waals surface area contributed by atoms with Crippen molar-refractivity contribution in [1.82, 2.24) is 20.2 Å². The molecule has 0 aliphatic carbocycles. The molecule has 88 valence electrons. The second-order valence-corrected chi connectivity index (χ2v) is 3.66. The third-order valence-corrected chi connectivity index (χ3v) is 2.31. The molecule has 0 atom stereocenters. The molecule has 0 aliphatic heterocycles. The van der Waals surface area contributed by atoms with E-state index in [0.717, 1.165) is 5.56 Å². The average Bonchev–Trinajstić information content (AvgIpc) is 2.78. The number of tetrazole rings is 1. The smallest absolute Gasteiger partial charge is 0.329 e. The lowest BCUT2D eigenvalue weighted by molar-refractivity contribution is -0.141. The van der Waals surface area contributed by atoms with Gasteiger partial charge in [0.1, 0.15) is 0 Å². The SMILES string of the molecule is COC(=O)Cn1nnc(-c2ccc(Cl)cc2)n1. The summed E-state index contributed by atoms with van der Waals surface area (Å²) in [6.45, 7) is -0.0584. The Kier molecular flexibility index (Phi) is 3.34. The number of carbonyl (C=O) groups is 1. The van der Waals surface area contributed by atoms with Gasteiger partial charge in [0.15, 0.2) is 6.54 Å². The lowest BCUT2D eigenvalue weighted by Crippen LogP contribution is -2.14. The molecule has 0 saturated carbocycles. The third-order valence-electron chi connectivity index (χ3n) is 2.05. The van der Waals surface area contributed by atoms with E-state index in [1.807, 2.05) is 0 Å². The first-order chi connectivity index (χ1) is 8.19. The van der Waals surface area contributed by atoms with E-state index in [0.29, 0.717) is 10.8 Å². The molecule has 6 nitrogen and oxygen atoms in total. The third kappa shape index (κ3) is 2.79. The highest BCUT2D eigenvalue weighted by Gasteiger charge is 2.08. The number of hydrogen-bond acceptors (Lipinski definition) is 5. The van der Waals surface area contributed by atoms with E-state index in [4.69, 9.17) is 11.6 Å². The molecule has 7 heteroatoms. The lowest BCUT2D eigenvalue weighted by atomic mass is 10.2. The molecule has 2 aromatic rings. The number of hydrogen-bond donors (Lipinski definition) is 0. The summed E-state index contributed by atoms with van der Waals surface area (Å²) in [5, 5.41) is 12.3. The highest BCUT2D eigenvalue weighted by Crippen LogP contribution is 2.16. The minimum atomic E-state index is -0.426. The normalized spacial score (nSPS) is 10.2. The van der Waals surface area contributed by atoms with Crippen molar-refractivity contribution in [2.24, 2.45) is 0 Å². The van der Waals surface area contributed by atoms with Crippen molar-refractivity contribution in [2.75, 3.05) is 7.11 Å². The molecule has 1 heterocycles. The number of nitrogens with zero attached hydrogens (tertiary/aromatic N) is 4. The van der Waals surface area contributed by atoms with Crippen LogP contribution in [0, 0.1) is 0 Å². The topological polar surface area (TPSA) is 69.9 Å². The van der Waals surface area contributed by atoms with Crippen molar-refractivity contribution >= 4 is 17.6 Å². The molecule has 0 amide bonds. The van der Waals surface area contributed by atoms with E-state index in [1.165, 1.54) is 11.9 Å². The lowest BCUT2D eigenvalue weighted by Gasteiger charge is -1.96. The van der Waals surface area contributed by atoms with Gasteiger partial charge in [-0.2, -0.15) is 4.80 Å². The first-order valence-corrected chi connectivity index (χ1v) is 5.17. The van der Waals surface area contributed by atoms with Gasteiger partial charge < -0.3 is 4.74 Å². The number of ether oxygens (including phenoxy) is 1. The molecule has 0 radical (unpaired) electrons. The molecule has 0 bridgehead atoms. The van der Waals surface area contributed by atoms with Crippen LogP contribution in [0.1, 0.15) is 0 Å². The summed E-state index contributed by atoms with van der Waals surface area (Å²) in [6.07, 6.45) is 0. The van der Waals surface area contributed by atoms with Crippen LogP contribution >= 0.6 is 11.6 Å². The van der Waals surface area contributed by atoms with E-state index >= 15 is 0 Å². The van der Waals surface area contributed by atoms with Crippen molar-refractivity contribution in [1.29, 1.82) is 0 Å². The average molecular weight is 253 g/mol. The molecule has 2 rings (SSSR count). The first kappa shape index (κ1) is 11.5. The van der Waals surface area contributed by atoms with Crippen molar-refractivity contribution in [3.05, 3.63) is 29.3 Å². The zero-order chi connectivity index (χ0) is 12.3. The Morgan fingerprint density at radius 2 is 2.12 bits per heavy atom. The van der Waals surface area contributed by atoms with E-state index in [-0.39, 0.29) is 6.54 Å². The molecule has 0 aliphatic rings. The minimum Gasteiger partial charge on any atom is -0.468 e. The number of esters is 1. The molecule has 0 saturated heterocycles. The zero-order valence-corrected chi connectivity index (χ0v) is 9.76. The van der Waals surface area contributed by atoms with Gasteiger partial charge in [-0.15, -0.1) is 10.2 Å². The largest absolute Gasteiger partial charge is 0.468 e. The molecular weight excluding hydrogens is 244 g/mol. The van der Waals surface area contributed by atoms with Crippen molar-refractivity contribution < 1.29 is 9.53 Å². The summed E-state index contributed by atoms with van der Waals surface area (Å²) >= 11 is 5.77. The van der Waals surface area contributed by atoms with Gasteiger partial charge in [-0.1, -0.05) is 11.6 Å². The van der Waals surface area contributed by atoms with E-state index in [1.54, 1.807) is 24.3 Å². The Bertz CT molecular complexity index is 523. The number of halogens is 1. The number of carbonyl (C=O) groups excluding carboxylic acids is 1. The van der Waals surface area contributed by atoms with Gasteiger partial charge in [0.2, 0.25) is 5.82 Å².